The van der Waals surface area contributed by atoms with Crippen molar-refractivity contribution in [2.45, 2.75) is 6.61 Å². The first-order chi connectivity index (χ1) is 11.7. The van der Waals surface area contributed by atoms with Crippen molar-refractivity contribution in [2.75, 3.05) is 5.32 Å². The average Bonchev–Trinajstić information content (AvgIpc) is 2.63. The van der Waals surface area contributed by atoms with Gasteiger partial charge in [0.25, 0.3) is 5.91 Å². The number of pyridine rings is 2. The van der Waals surface area contributed by atoms with Crippen molar-refractivity contribution in [3.63, 3.8) is 0 Å². The fourth-order valence-corrected chi connectivity index (χ4v) is 2.14. The van der Waals surface area contributed by atoms with Crippen molar-refractivity contribution >= 4 is 23.2 Å². The number of rotatable bonds is 5. The largest absolute Gasteiger partial charge is 0.489 e. The average molecular weight is 340 g/mol. The van der Waals surface area contributed by atoms with Crippen LogP contribution >= 0.6 is 11.6 Å². The molecular formula is C18H14ClN3O2. The summed E-state index contributed by atoms with van der Waals surface area (Å²) < 4.78 is 5.70. The molecule has 1 N–H and O–H groups in total. The maximum Gasteiger partial charge on any atom is 0.255 e. The molecule has 0 atom stereocenters. The van der Waals surface area contributed by atoms with Crippen LogP contribution in [0.25, 0.3) is 0 Å². The van der Waals surface area contributed by atoms with Crippen LogP contribution in [0.15, 0.2) is 67.1 Å². The Hall–Kier alpha value is -2.92. The zero-order chi connectivity index (χ0) is 16.8. The van der Waals surface area contributed by atoms with Crippen LogP contribution in [0.4, 0.5) is 5.69 Å². The second-order valence-electron chi connectivity index (χ2n) is 5.00. The highest BCUT2D eigenvalue weighted by atomic mass is 35.5. The Morgan fingerprint density at radius 2 is 2.04 bits per heavy atom. The van der Waals surface area contributed by atoms with Gasteiger partial charge in [-0.05, 0) is 36.4 Å². The van der Waals surface area contributed by atoms with E-state index in [-0.39, 0.29) is 5.91 Å². The first-order valence-corrected chi connectivity index (χ1v) is 7.63. The van der Waals surface area contributed by atoms with E-state index in [9.17, 15) is 4.79 Å². The lowest BCUT2D eigenvalue weighted by Crippen LogP contribution is -2.12. The van der Waals surface area contributed by atoms with E-state index in [0.29, 0.717) is 28.8 Å². The first kappa shape index (κ1) is 16.0. The van der Waals surface area contributed by atoms with Crippen molar-refractivity contribution < 1.29 is 9.53 Å². The number of halogens is 1. The van der Waals surface area contributed by atoms with Crippen molar-refractivity contribution in [3.8, 4) is 5.75 Å². The van der Waals surface area contributed by atoms with Gasteiger partial charge in [0.15, 0.2) is 0 Å². The first-order valence-electron chi connectivity index (χ1n) is 7.25. The molecule has 3 aromatic rings. The van der Waals surface area contributed by atoms with E-state index in [1.807, 2.05) is 12.1 Å². The van der Waals surface area contributed by atoms with Gasteiger partial charge in [0.05, 0.1) is 11.9 Å². The van der Waals surface area contributed by atoms with Crippen LogP contribution in [-0.2, 0) is 6.61 Å². The summed E-state index contributed by atoms with van der Waals surface area (Å²) in [5.74, 6) is 0.367. The Morgan fingerprint density at radius 1 is 1.12 bits per heavy atom. The van der Waals surface area contributed by atoms with Gasteiger partial charge in [-0.2, -0.15) is 0 Å². The Morgan fingerprint density at radius 3 is 2.79 bits per heavy atom. The minimum atomic E-state index is -0.244. The minimum absolute atomic E-state index is 0.244. The molecule has 2 aromatic heterocycles. The number of amides is 1. The number of carbonyl (C=O) groups excluding carboxylic acids is 1. The van der Waals surface area contributed by atoms with E-state index >= 15 is 0 Å². The number of nitrogens with one attached hydrogen (secondary N) is 1. The third-order valence-electron chi connectivity index (χ3n) is 3.21. The van der Waals surface area contributed by atoms with Gasteiger partial charge in [0, 0.05) is 23.5 Å². The van der Waals surface area contributed by atoms with Crippen LogP contribution in [0.3, 0.4) is 0 Å². The van der Waals surface area contributed by atoms with Crippen molar-refractivity contribution in [1.82, 2.24) is 9.97 Å². The molecule has 0 saturated heterocycles. The number of nitrogens with zero attached hydrogens (tertiary/aromatic N) is 2. The van der Waals surface area contributed by atoms with Gasteiger partial charge < -0.3 is 10.1 Å². The summed E-state index contributed by atoms with van der Waals surface area (Å²) in [6, 6.07) is 14.1. The summed E-state index contributed by atoms with van der Waals surface area (Å²) in [7, 11) is 0. The molecule has 3 rings (SSSR count). The van der Waals surface area contributed by atoms with Gasteiger partial charge in [-0.25, -0.2) is 4.98 Å². The zero-order valence-corrected chi connectivity index (χ0v) is 13.4. The molecule has 0 fully saturated rings. The van der Waals surface area contributed by atoms with Gasteiger partial charge in [0.1, 0.15) is 17.5 Å². The summed E-state index contributed by atoms with van der Waals surface area (Å²) in [6.45, 7) is 0.389. The molecule has 0 aliphatic carbocycles. The Balaban J connectivity index is 1.65. The fourth-order valence-electron chi connectivity index (χ4n) is 2.03. The second-order valence-corrected chi connectivity index (χ2v) is 5.39. The van der Waals surface area contributed by atoms with Crippen molar-refractivity contribution in [2.24, 2.45) is 0 Å². The van der Waals surface area contributed by atoms with E-state index in [1.165, 1.54) is 6.20 Å². The topological polar surface area (TPSA) is 64.1 Å². The van der Waals surface area contributed by atoms with Crippen LogP contribution in [-0.4, -0.2) is 15.9 Å². The van der Waals surface area contributed by atoms with E-state index < -0.39 is 0 Å². The number of aromatic nitrogens is 2. The molecule has 0 saturated carbocycles. The molecule has 5 nitrogen and oxygen atoms in total. The van der Waals surface area contributed by atoms with Crippen LogP contribution in [0.5, 0.6) is 5.75 Å². The Labute approximate surface area is 144 Å². The van der Waals surface area contributed by atoms with Gasteiger partial charge in [-0.3, -0.25) is 9.78 Å². The molecule has 0 aliphatic rings. The molecule has 0 aliphatic heterocycles. The summed E-state index contributed by atoms with van der Waals surface area (Å²) >= 11 is 5.73. The lowest BCUT2D eigenvalue weighted by atomic mass is 10.2. The molecular weight excluding hydrogens is 326 g/mol. The molecule has 0 radical (unpaired) electrons. The molecule has 24 heavy (non-hydrogen) atoms. The highest BCUT2D eigenvalue weighted by Gasteiger charge is 2.08. The fraction of sp³-hybridized carbons (Fsp3) is 0.0556. The quantitative estimate of drug-likeness (QED) is 0.714. The lowest BCUT2D eigenvalue weighted by molar-refractivity contribution is 0.102. The van der Waals surface area contributed by atoms with Gasteiger partial charge in [-0.1, -0.05) is 23.7 Å². The van der Waals surface area contributed by atoms with Crippen LogP contribution < -0.4 is 10.1 Å². The predicted molar refractivity (Wildman–Crippen MR) is 92.2 cm³/mol. The number of ether oxygens (including phenoxy) is 1. The standard InChI is InChI=1S/C18H14ClN3O2/c19-17-7-6-15(11-21-17)22-18(23)14-4-1-5-16(9-14)24-12-13-3-2-8-20-10-13/h1-11H,12H2,(H,22,23). The third-order valence-corrected chi connectivity index (χ3v) is 3.43. The molecule has 2 heterocycles. The van der Waals surface area contributed by atoms with E-state index in [1.54, 1.807) is 48.8 Å². The molecule has 1 amide bonds. The third kappa shape index (κ3) is 4.30. The Bertz CT molecular complexity index is 823. The summed E-state index contributed by atoms with van der Waals surface area (Å²) in [6.07, 6.45) is 4.95. The Kier molecular flexibility index (Phi) is 5.03. The normalized spacial score (nSPS) is 10.2. The molecule has 1 aromatic carbocycles. The lowest BCUT2D eigenvalue weighted by Gasteiger charge is -2.09. The zero-order valence-electron chi connectivity index (χ0n) is 12.6. The minimum Gasteiger partial charge on any atom is -0.489 e. The highest BCUT2D eigenvalue weighted by Crippen LogP contribution is 2.17. The van der Waals surface area contributed by atoms with E-state index in [4.69, 9.17) is 16.3 Å². The van der Waals surface area contributed by atoms with Gasteiger partial charge >= 0.3 is 0 Å². The SMILES string of the molecule is O=C(Nc1ccc(Cl)nc1)c1cccc(OCc2cccnc2)c1. The van der Waals surface area contributed by atoms with E-state index in [0.717, 1.165) is 5.56 Å². The van der Waals surface area contributed by atoms with Crippen molar-refractivity contribution in [1.29, 1.82) is 0 Å². The van der Waals surface area contributed by atoms with Crippen LogP contribution in [0, 0.1) is 0 Å². The van der Waals surface area contributed by atoms with Gasteiger partial charge in [-0.15, -0.1) is 0 Å². The maximum atomic E-state index is 12.3. The number of hydrogen-bond acceptors (Lipinski definition) is 4. The number of carbonyl (C=O) groups is 1. The van der Waals surface area contributed by atoms with Crippen LogP contribution in [0.1, 0.15) is 15.9 Å². The van der Waals surface area contributed by atoms with Crippen molar-refractivity contribution in [3.05, 3.63) is 83.4 Å². The number of hydrogen-bond donors (Lipinski definition) is 1. The molecule has 0 bridgehead atoms. The number of anilines is 1. The highest BCUT2D eigenvalue weighted by molar-refractivity contribution is 6.29. The predicted octanol–water partition coefficient (Wildman–Crippen LogP) is 3.96. The maximum absolute atomic E-state index is 12.3. The summed E-state index contributed by atoms with van der Waals surface area (Å²) in [5.41, 5.74) is 2.03. The number of benzene rings is 1. The summed E-state index contributed by atoms with van der Waals surface area (Å²) in [4.78, 5) is 20.3. The van der Waals surface area contributed by atoms with Crippen LogP contribution in [0.2, 0.25) is 5.15 Å². The van der Waals surface area contributed by atoms with E-state index in [2.05, 4.69) is 15.3 Å². The smallest absolute Gasteiger partial charge is 0.255 e. The van der Waals surface area contributed by atoms with Gasteiger partial charge in [0.2, 0.25) is 0 Å². The summed E-state index contributed by atoms with van der Waals surface area (Å²) in [5, 5.41) is 3.13. The molecule has 0 unspecified atom stereocenters. The monoisotopic (exact) mass is 339 g/mol. The molecule has 0 spiro atoms. The molecule has 6 heteroatoms. The molecule has 120 valence electrons. The second kappa shape index (κ2) is 7.57.